The normalized spacial score (nSPS) is 22.4. The van der Waals surface area contributed by atoms with Crippen LogP contribution in [0.1, 0.15) is 31.2 Å². The molecule has 0 spiro atoms. The summed E-state index contributed by atoms with van der Waals surface area (Å²) in [4.78, 5) is 27.3. The molecule has 176 valence electrons. The third-order valence-corrected chi connectivity index (χ3v) is 8.97. The molecule has 0 aromatic heterocycles. The number of hydrogen-bond acceptors (Lipinski definition) is 6. The molecule has 32 heavy (non-hydrogen) atoms. The van der Waals surface area contributed by atoms with E-state index in [0.29, 0.717) is 36.4 Å². The highest BCUT2D eigenvalue weighted by Crippen LogP contribution is 2.31. The first kappa shape index (κ1) is 23.4. The number of nitrogens with zero attached hydrogens (tertiary/aromatic N) is 2. The maximum Gasteiger partial charge on any atom is 0.313 e. The van der Waals surface area contributed by atoms with Crippen molar-refractivity contribution in [3.63, 3.8) is 0 Å². The predicted octanol–water partition coefficient (Wildman–Crippen LogP) is 1.67. The molecule has 4 rings (SSSR count). The first-order valence-corrected chi connectivity index (χ1v) is 14.3. The molecule has 0 radical (unpaired) electrons. The van der Waals surface area contributed by atoms with Crippen LogP contribution in [-0.4, -0.2) is 75.1 Å². The predicted molar refractivity (Wildman–Crippen MR) is 129 cm³/mol. The fraction of sp³-hybridized carbons (Fsp3) is 0.636. The van der Waals surface area contributed by atoms with Gasteiger partial charge in [-0.15, -0.1) is 0 Å². The largest absolute Gasteiger partial charge is 0.348 e. The number of nitrogens with one attached hydrogen (secondary N) is 2. The summed E-state index contributed by atoms with van der Waals surface area (Å²) in [6.45, 7) is 3.04. The summed E-state index contributed by atoms with van der Waals surface area (Å²) < 4.78 is 25.5. The topological polar surface area (TPSA) is 98.8 Å². The molecule has 0 bridgehead atoms. The standard InChI is InChI=1S/C22H32N4O4S2/c1-32(29,30)26-9-2-3-17-4-5-18(13-20(17)26)24-22(28)21(27)23-14-16-6-10-25(11-7-16)19-8-12-31-15-19/h4-5,13,16,19H,2-3,6-12,14-15H2,1H3,(H,23,27)(H,24,28)/t19-/m1/s1. The van der Waals surface area contributed by atoms with Gasteiger partial charge in [-0.05, 0) is 74.6 Å². The fourth-order valence-corrected chi connectivity index (χ4v) is 7.04. The first-order valence-electron chi connectivity index (χ1n) is 11.3. The number of hydrogen-bond donors (Lipinski definition) is 2. The van der Waals surface area contributed by atoms with Crippen molar-refractivity contribution in [2.45, 2.75) is 38.1 Å². The van der Waals surface area contributed by atoms with Crippen LogP contribution < -0.4 is 14.9 Å². The van der Waals surface area contributed by atoms with Crippen molar-refractivity contribution in [1.82, 2.24) is 10.2 Å². The third-order valence-electron chi connectivity index (χ3n) is 6.65. The van der Waals surface area contributed by atoms with Crippen LogP contribution in [0.15, 0.2) is 18.2 Å². The Balaban J connectivity index is 1.27. The van der Waals surface area contributed by atoms with E-state index in [1.54, 1.807) is 12.1 Å². The van der Waals surface area contributed by atoms with E-state index in [9.17, 15) is 18.0 Å². The second kappa shape index (κ2) is 10.0. The van der Waals surface area contributed by atoms with Crippen LogP contribution >= 0.6 is 11.8 Å². The van der Waals surface area contributed by atoms with Gasteiger partial charge in [-0.1, -0.05) is 6.07 Å². The lowest BCUT2D eigenvalue weighted by Gasteiger charge is -2.35. The molecule has 3 heterocycles. The quantitative estimate of drug-likeness (QED) is 0.622. The van der Waals surface area contributed by atoms with Crippen LogP contribution in [-0.2, 0) is 26.0 Å². The molecule has 3 aliphatic rings. The van der Waals surface area contributed by atoms with Crippen molar-refractivity contribution in [2.75, 3.05) is 53.6 Å². The summed E-state index contributed by atoms with van der Waals surface area (Å²) in [6, 6.07) is 5.87. The van der Waals surface area contributed by atoms with Gasteiger partial charge in [0.15, 0.2) is 0 Å². The Kier molecular flexibility index (Phi) is 7.31. The van der Waals surface area contributed by atoms with E-state index in [1.807, 2.05) is 17.8 Å². The Morgan fingerprint density at radius 3 is 2.59 bits per heavy atom. The van der Waals surface area contributed by atoms with Crippen molar-refractivity contribution < 1.29 is 18.0 Å². The molecule has 0 aliphatic carbocycles. The van der Waals surface area contributed by atoms with Gasteiger partial charge in [-0.3, -0.25) is 18.8 Å². The highest BCUT2D eigenvalue weighted by atomic mass is 32.2. The fourth-order valence-electron chi connectivity index (χ4n) is 4.80. The second-order valence-corrected chi connectivity index (χ2v) is 12.0. The van der Waals surface area contributed by atoms with Gasteiger partial charge in [0.25, 0.3) is 0 Å². The maximum absolute atomic E-state index is 12.4. The number of fused-ring (bicyclic) bond motifs is 1. The number of benzene rings is 1. The van der Waals surface area contributed by atoms with Crippen molar-refractivity contribution in [2.24, 2.45) is 5.92 Å². The molecular weight excluding hydrogens is 448 g/mol. The van der Waals surface area contributed by atoms with E-state index in [4.69, 9.17) is 0 Å². The Labute approximate surface area is 194 Å². The number of rotatable bonds is 5. The number of anilines is 2. The van der Waals surface area contributed by atoms with Crippen molar-refractivity contribution in [3.05, 3.63) is 23.8 Å². The Morgan fingerprint density at radius 1 is 1.12 bits per heavy atom. The van der Waals surface area contributed by atoms with Gasteiger partial charge in [0.05, 0.1) is 11.9 Å². The highest BCUT2D eigenvalue weighted by molar-refractivity contribution is 7.99. The molecule has 10 heteroatoms. The molecule has 8 nitrogen and oxygen atoms in total. The average molecular weight is 481 g/mol. The summed E-state index contributed by atoms with van der Waals surface area (Å²) >= 11 is 2.03. The number of aryl methyl sites for hydroxylation is 1. The Morgan fingerprint density at radius 2 is 1.91 bits per heavy atom. The molecule has 0 saturated carbocycles. The molecule has 1 aromatic carbocycles. The van der Waals surface area contributed by atoms with E-state index < -0.39 is 21.8 Å². The van der Waals surface area contributed by atoms with Gasteiger partial charge in [0.1, 0.15) is 0 Å². The summed E-state index contributed by atoms with van der Waals surface area (Å²) in [5, 5.41) is 5.38. The number of piperidine rings is 1. The summed E-state index contributed by atoms with van der Waals surface area (Å²) in [7, 11) is -3.39. The lowest BCUT2D eigenvalue weighted by Crippen LogP contribution is -2.45. The van der Waals surface area contributed by atoms with Gasteiger partial charge in [0, 0.05) is 30.6 Å². The van der Waals surface area contributed by atoms with E-state index in [0.717, 1.165) is 44.3 Å². The van der Waals surface area contributed by atoms with E-state index in [-0.39, 0.29) is 0 Å². The van der Waals surface area contributed by atoms with Gasteiger partial charge < -0.3 is 10.6 Å². The monoisotopic (exact) mass is 480 g/mol. The first-order chi connectivity index (χ1) is 15.3. The molecule has 2 N–H and O–H groups in total. The van der Waals surface area contributed by atoms with Crippen LogP contribution in [0.4, 0.5) is 11.4 Å². The highest BCUT2D eigenvalue weighted by Gasteiger charge is 2.28. The maximum atomic E-state index is 12.4. The molecule has 2 saturated heterocycles. The molecule has 3 aliphatic heterocycles. The van der Waals surface area contributed by atoms with Gasteiger partial charge in [0.2, 0.25) is 10.0 Å². The van der Waals surface area contributed by atoms with Crippen molar-refractivity contribution in [3.8, 4) is 0 Å². The number of sulfonamides is 1. The Bertz CT molecular complexity index is 955. The smallest absolute Gasteiger partial charge is 0.313 e. The minimum absolute atomic E-state index is 0.393. The molecule has 0 unspecified atom stereocenters. The molecule has 2 fully saturated rings. The third kappa shape index (κ3) is 5.58. The summed E-state index contributed by atoms with van der Waals surface area (Å²) in [5.74, 6) is 1.49. The van der Waals surface area contributed by atoms with Crippen LogP contribution in [0, 0.1) is 5.92 Å². The van der Waals surface area contributed by atoms with E-state index >= 15 is 0 Å². The minimum Gasteiger partial charge on any atom is -0.348 e. The summed E-state index contributed by atoms with van der Waals surface area (Å²) in [5.41, 5.74) is 1.92. The van der Waals surface area contributed by atoms with Crippen LogP contribution in [0.25, 0.3) is 0 Å². The van der Waals surface area contributed by atoms with Crippen molar-refractivity contribution in [1.29, 1.82) is 0 Å². The zero-order valence-corrected chi connectivity index (χ0v) is 20.1. The van der Waals surface area contributed by atoms with Crippen LogP contribution in [0.2, 0.25) is 0 Å². The summed E-state index contributed by atoms with van der Waals surface area (Å²) in [6.07, 6.45) is 6.07. The lowest BCUT2D eigenvalue weighted by molar-refractivity contribution is -0.136. The zero-order chi connectivity index (χ0) is 22.7. The van der Waals surface area contributed by atoms with E-state index in [2.05, 4.69) is 15.5 Å². The molecular formula is C22H32N4O4S2. The number of carbonyl (C=O) groups is 2. The van der Waals surface area contributed by atoms with Gasteiger partial charge in [-0.2, -0.15) is 11.8 Å². The molecule has 2 amide bonds. The number of thioether (sulfide) groups is 1. The van der Waals surface area contributed by atoms with Gasteiger partial charge >= 0.3 is 11.8 Å². The Hall–Kier alpha value is -1.78. The molecule has 1 aromatic rings. The van der Waals surface area contributed by atoms with Gasteiger partial charge in [-0.25, -0.2) is 8.42 Å². The second-order valence-electron chi connectivity index (χ2n) is 8.94. The SMILES string of the molecule is CS(=O)(=O)N1CCCc2ccc(NC(=O)C(=O)NCC3CCN([C@@H]4CCSC4)CC3)cc21. The van der Waals surface area contributed by atoms with E-state index in [1.165, 1.54) is 28.5 Å². The van der Waals surface area contributed by atoms with Crippen LogP contribution in [0.3, 0.4) is 0 Å². The zero-order valence-electron chi connectivity index (χ0n) is 18.5. The van der Waals surface area contributed by atoms with Crippen molar-refractivity contribution >= 4 is 45.0 Å². The molecule has 1 atom stereocenters. The average Bonchev–Trinajstić information content (AvgIpc) is 3.31. The van der Waals surface area contributed by atoms with Crippen LogP contribution in [0.5, 0.6) is 0 Å². The number of amides is 2. The minimum atomic E-state index is -3.39. The lowest BCUT2D eigenvalue weighted by atomic mass is 9.95. The number of likely N-dealkylation sites (tertiary alicyclic amines) is 1. The number of carbonyl (C=O) groups excluding carboxylic acids is 2.